The second-order valence-electron chi connectivity index (χ2n) is 6.93. The zero-order valence-corrected chi connectivity index (χ0v) is 12.0. The van der Waals surface area contributed by atoms with Crippen LogP contribution in [0.5, 0.6) is 11.5 Å². The number of phenols is 1. The van der Waals surface area contributed by atoms with Crippen molar-refractivity contribution in [2.45, 2.75) is 36.5 Å². The largest absolute Gasteiger partial charge is 0.504 e. The van der Waals surface area contributed by atoms with Gasteiger partial charge in [0.15, 0.2) is 11.5 Å². The first-order chi connectivity index (χ1) is 10.1. The zero-order chi connectivity index (χ0) is 14.4. The summed E-state index contributed by atoms with van der Waals surface area (Å²) in [6.07, 6.45) is 5.18. The van der Waals surface area contributed by atoms with Crippen molar-refractivity contribution >= 4 is 0 Å². The number of rotatable bonds is 0. The second kappa shape index (κ2) is 3.62. The summed E-state index contributed by atoms with van der Waals surface area (Å²) in [6.45, 7) is 1.01. The van der Waals surface area contributed by atoms with Crippen molar-refractivity contribution in [2.24, 2.45) is 5.92 Å². The number of likely N-dealkylation sites (N-methyl/N-ethyl adjacent to an activating group) is 1. The quantitative estimate of drug-likeness (QED) is 0.703. The van der Waals surface area contributed by atoms with Crippen LogP contribution in [0.2, 0.25) is 0 Å². The van der Waals surface area contributed by atoms with Gasteiger partial charge < -0.3 is 19.8 Å². The van der Waals surface area contributed by atoms with Crippen LogP contribution in [0.1, 0.15) is 17.5 Å². The minimum Gasteiger partial charge on any atom is -0.504 e. The maximum atomic E-state index is 10.4. The number of piperidine rings is 1. The molecule has 1 fully saturated rings. The molecule has 4 aliphatic rings. The van der Waals surface area contributed by atoms with Crippen molar-refractivity contribution in [3.63, 3.8) is 0 Å². The summed E-state index contributed by atoms with van der Waals surface area (Å²) in [4.78, 5) is 2.43. The Morgan fingerprint density at radius 2 is 2.19 bits per heavy atom. The summed E-state index contributed by atoms with van der Waals surface area (Å²) in [7, 11) is 2.19. The molecule has 1 saturated heterocycles. The lowest BCUT2D eigenvalue weighted by Gasteiger charge is -2.56. The number of benzene rings is 1. The molecule has 1 aromatic carbocycles. The lowest BCUT2D eigenvalue weighted by atomic mass is 9.53. The molecule has 0 unspecified atom stereocenters. The molecular weight excluding hydrogens is 266 g/mol. The first kappa shape index (κ1) is 12.1. The molecule has 0 radical (unpaired) electrons. The lowest BCUT2D eigenvalue weighted by Crippen LogP contribution is -2.64. The summed E-state index contributed by atoms with van der Waals surface area (Å²) < 4.78 is 6.09. The number of hydrogen-bond acceptors (Lipinski definition) is 4. The topological polar surface area (TPSA) is 52.9 Å². The first-order valence-corrected chi connectivity index (χ1v) is 7.71. The molecule has 0 amide bonds. The maximum absolute atomic E-state index is 10.4. The van der Waals surface area contributed by atoms with Crippen molar-refractivity contribution in [1.29, 1.82) is 0 Å². The molecule has 2 N–H and O–H groups in total. The van der Waals surface area contributed by atoms with Crippen LogP contribution in [0, 0.1) is 5.92 Å². The number of nitrogens with zero attached hydrogens (tertiary/aromatic N) is 1. The molecule has 1 spiro atoms. The van der Waals surface area contributed by atoms with E-state index in [0.29, 0.717) is 17.7 Å². The molecule has 0 saturated carbocycles. The van der Waals surface area contributed by atoms with E-state index in [2.05, 4.69) is 18.0 Å². The lowest BCUT2D eigenvalue weighted by molar-refractivity contribution is -0.0453. The number of aliphatic hydroxyl groups is 1. The van der Waals surface area contributed by atoms with Gasteiger partial charge in [-0.05, 0) is 38.1 Å². The minimum absolute atomic E-state index is 0.160. The first-order valence-electron chi connectivity index (χ1n) is 7.71. The summed E-state index contributed by atoms with van der Waals surface area (Å²) in [5, 5.41) is 20.6. The van der Waals surface area contributed by atoms with Crippen LogP contribution in [-0.4, -0.2) is 47.0 Å². The monoisotopic (exact) mass is 285 g/mol. The Labute approximate surface area is 123 Å². The van der Waals surface area contributed by atoms with E-state index >= 15 is 0 Å². The van der Waals surface area contributed by atoms with E-state index in [1.165, 1.54) is 11.1 Å². The number of aliphatic hydroxyl groups excluding tert-OH is 1. The summed E-state index contributed by atoms with van der Waals surface area (Å²) >= 11 is 0. The molecule has 21 heavy (non-hydrogen) atoms. The van der Waals surface area contributed by atoms with Gasteiger partial charge in [-0.2, -0.15) is 0 Å². The predicted octanol–water partition coefficient (Wildman–Crippen LogP) is 1.20. The Balaban J connectivity index is 1.84. The molecule has 2 heterocycles. The third-order valence-corrected chi connectivity index (χ3v) is 6.15. The third-order valence-electron chi connectivity index (χ3n) is 6.15. The number of phenolic OH excluding ortho intramolecular Hbond substituents is 1. The number of aromatic hydroxyl groups is 1. The fraction of sp³-hybridized carbons (Fsp3) is 0.529. The fourth-order valence-corrected chi connectivity index (χ4v) is 5.24. The van der Waals surface area contributed by atoms with Crippen molar-refractivity contribution in [3.05, 3.63) is 35.4 Å². The Hall–Kier alpha value is -1.52. The SMILES string of the molecule is CN1CC[C@]23c4c5ccc(O)c4O[C@H]2[C@@H](O)C=C[C@H]3[C@@H]1C5. The fourth-order valence-electron chi connectivity index (χ4n) is 5.24. The Morgan fingerprint density at radius 1 is 1.33 bits per heavy atom. The van der Waals surface area contributed by atoms with E-state index in [0.717, 1.165) is 19.4 Å². The average Bonchev–Trinajstić information content (AvgIpc) is 2.83. The van der Waals surface area contributed by atoms with Crippen LogP contribution < -0.4 is 4.74 Å². The molecule has 110 valence electrons. The summed E-state index contributed by atoms with van der Waals surface area (Å²) in [6, 6.07) is 4.23. The molecule has 2 aliphatic heterocycles. The van der Waals surface area contributed by atoms with Crippen LogP contribution >= 0.6 is 0 Å². The van der Waals surface area contributed by atoms with E-state index in [4.69, 9.17) is 4.74 Å². The normalized spacial score (nSPS) is 42.6. The van der Waals surface area contributed by atoms with Crippen LogP contribution in [0.3, 0.4) is 0 Å². The number of hydrogen-bond donors (Lipinski definition) is 2. The molecular formula is C17H19NO3. The molecule has 2 aliphatic carbocycles. The van der Waals surface area contributed by atoms with Gasteiger partial charge >= 0.3 is 0 Å². The van der Waals surface area contributed by atoms with Crippen LogP contribution in [0.25, 0.3) is 0 Å². The van der Waals surface area contributed by atoms with Crippen molar-refractivity contribution < 1.29 is 14.9 Å². The molecule has 5 atom stereocenters. The molecule has 0 aromatic heterocycles. The van der Waals surface area contributed by atoms with E-state index < -0.39 is 6.10 Å². The Bertz CT molecular complexity index is 670. The summed E-state index contributed by atoms with van der Waals surface area (Å²) in [5.41, 5.74) is 2.29. The van der Waals surface area contributed by atoms with Gasteiger partial charge in [-0.3, -0.25) is 0 Å². The van der Waals surface area contributed by atoms with E-state index in [1.807, 2.05) is 12.1 Å². The Morgan fingerprint density at radius 3 is 3.05 bits per heavy atom. The van der Waals surface area contributed by atoms with Gasteiger partial charge in [-0.1, -0.05) is 18.2 Å². The smallest absolute Gasteiger partial charge is 0.165 e. The average molecular weight is 285 g/mol. The van der Waals surface area contributed by atoms with Gasteiger partial charge in [0, 0.05) is 22.9 Å². The molecule has 1 aromatic rings. The van der Waals surface area contributed by atoms with E-state index in [1.54, 1.807) is 6.07 Å². The third kappa shape index (κ3) is 1.21. The van der Waals surface area contributed by atoms with Gasteiger partial charge in [0.2, 0.25) is 0 Å². The highest BCUT2D eigenvalue weighted by Crippen LogP contribution is 2.62. The maximum Gasteiger partial charge on any atom is 0.165 e. The predicted molar refractivity (Wildman–Crippen MR) is 77.6 cm³/mol. The van der Waals surface area contributed by atoms with Gasteiger partial charge in [0.1, 0.15) is 12.2 Å². The van der Waals surface area contributed by atoms with Crippen LogP contribution in [-0.2, 0) is 11.8 Å². The second-order valence-corrected chi connectivity index (χ2v) is 6.93. The zero-order valence-electron chi connectivity index (χ0n) is 12.0. The van der Waals surface area contributed by atoms with Crippen LogP contribution in [0.15, 0.2) is 24.3 Å². The molecule has 4 nitrogen and oxygen atoms in total. The van der Waals surface area contributed by atoms with Crippen molar-refractivity contribution in [1.82, 2.24) is 4.90 Å². The minimum atomic E-state index is -0.594. The molecule has 4 heteroatoms. The highest BCUT2D eigenvalue weighted by molar-refractivity contribution is 5.61. The van der Waals surface area contributed by atoms with Gasteiger partial charge in [0.25, 0.3) is 0 Å². The molecule has 2 bridgehead atoms. The van der Waals surface area contributed by atoms with Gasteiger partial charge in [-0.15, -0.1) is 0 Å². The molecule has 5 rings (SSSR count). The van der Waals surface area contributed by atoms with Gasteiger partial charge in [0.05, 0.1) is 0 Å². The van der Waals surface area contributed by atoms with E-state index in [-0.39, 0.29) is 17.3 Å². The number of likely N-dealkylation sites (tertiary alicyclic amines) is 1. The highest BCUT2D eigenvalue weighted by atomic mass is 16.5. The van der Waals surface area contributed by atoms with Crippen molar-refractivity contribution in [3.8, 4) is 11.5 Å². The highest BCUT2D eigenvalue weighted by Gasteiger charge is 2.64. The summed E-state index contributed by atoms with van der Waals surface area (Å²) in [5.74, 6) is 1.19. The van der Waals surface area contributed by atoms with Gasteiger partial charge in [-0.25, -0.2) is 0 Å². The van der Waals surface area contributed by atoms with Crippen LogP contribution in [0.4, 0.5) is 0 Å². The standard InChI is InChI=1S/C17H19NO3/c1-18-7-6-17-10-3-5-13(20)16(17)21-15-12(19)4-2-9(14(15)17)8-11(10)18/h2-5,10-11,13,16,19-20H,6-8H2,1H3/t10-,11-,13-,16-,17-/m0/s1. The van der Waals surface area contributed by atoms with Crippen molar-refractivity contribution in [2.75, 3.05) is 13.6 Å². The van der Waals surface area contributed by atoms with E-state index in [9.17, 15) is 10.2 Å². The Kier molecular flexibility index (Phi) is 2.08. The number of ether oxygens (including phenoxy) is 1.